The highest BCUT2D eigenvalue weighted by atomic mass is 32.2. The van der Waals surface area contributed by atoms with E-state index in [1.165, 1.54) is 9.87 Å². The van der Waals surface area contributed by atoms with Gasteiger partial charge in [-0.2, -0.15) is 4.31 Å². The van der Waals surface area contributed by atoms with Gasteiger partial charge < -0.3 is 10.1 Å². The van der Waals surface area contributed by atoms with Gasteiger partial charge in [-0.25, -0.2) is 8.42 Å². The number of nitrogens with zero attached hydrogens (tertiary/aromatic N) is 1. The molecular formula is C15H24N2O3S. The van der Waals surface area contributed by atoms with Gasteiger partial charge in [-0.05, 0) is 43.1 Å². The Morgan fingerprint density at radius 1 is 1.24 bits per heavy atom. The van der Waals surface area contributed by atoms with E-state index in [0.29, 0.717) is 37.7 Å². The zero-order chi connectivity index (χ0) is 15.3. The number of ether oxygens (including phenoxy) is 1. The highest BCUT2D eigenvalue weighted by Crippen LogP contribution is 2.21. The van der Waals surface area contributed by atoms with E-state index < -0.39 is 10.0 Å². The average Bonchev–Trinajstić information content (AvgIpc) is 2.77. The molecule has 2 rings (SSSR count). The third kappa shape index (κ3) is 3.83. The van der Waals surface area contributed by atoms with Crippen LogP contribution >= 0.6 is 0 Å². The average molecular weight is 312 g/mol. The molecule has 0 saturated carbocycles. The van der Waals surface area contributed by atoms with Gasteiger partial charge in [0.2, 0.25) is 10.0 Å². The van der Waals surface area contributed by atoms with Gasteiger partial charge >= 0.3 is 0 Å². The molecule has 0 aliphatic carbocycles. The summed E-state index contributed by atoms with van der Waals surface area (Å²) in [6.45, 7) is 4.81. The van der Waals surface area contributed by atoms with Gasteiger partial charge in [-0.3, -0.25) is 0 Å². The lowest BCUT2D eigenvalue weighted by Gasteiger charge is -2.20. The molecule has 0 spiro atoms. The molecule has 1 aromatic rings. The second kappa shape index (κ2) is 7.35. The summed E-state index contributed by atoms with van der Waals surface area (Å²) in [6, 6.07) is 5.45. The Morgan fingerprint density at radius 3 is 2.76 bits per heavy atom. The van der Waals surface area contributed by atoms with Gasteiger partial charge in [0.25, 0.3) is 0 Å². The van der Waals surface area contributed by atoms with Crippen molar-refractivity contribution in [3.05, 3.63) is 29.3 Å². The standard InChI is InChI=1S/C15H24N2O3S/c1-3-13-5-6-15(11-14(13)12-16-2)21(18,19)17-7-4-9-20-10-8-17/h5-6,11,16H,3-4,7-10,12H2,1-2H3. The van der Waals surface area contributed by atoms with Crippen molar-refractivity contribution in [1.29, 1.82) is 0 Å². The fourth-order valence-corrected chi connectivity index (χ4v) is 4.09. The number of sulfonamides is 1. The second-order valence-corrected chi connectivity index (χ2v) is 7.12. The molecule has 0 amide bonds. The summed E-state index contributed by atoms with van der Waals surface area (Å²) in [5.74, 6) is 0. The molecule has 5 nitrogen and oxygen atoms in total. The lowest BCUT2D eigenvalue weighted by Crippen LogP contribution is -2.33. The summed E-state index contributed by atoms with van der Waals surface area (Å²) >= 11 is 0. The number of rotatable bonds is 5. The maximum atomic E-state index is 12.7. The SMILES string of the molecule is CCc1ccc(S(=O)(=O)N2CCCOCC2)cc1CNC. The van der Waals surface area contributed by atoms with Gasteiger partial charge in [0.1, 0.15) is 0 Å². The molecule has 118 valence electrons. The fraction of sp³-hybridized carbons (Fsp3) is 0.600. The Labute approximate surface area is 127 Å². The lowest BCUT2D eigenvalue weighted by molar-refractivity contribution is 0.148. The Balaban J connectivity index is 2.32. The van der Waals surface area contributed by atoms with Crippen LogP contribution in [0.5, 0.6) is 0 Å². The molecule has 0 aromatic heterocycles. The first-order chi connectivity index (χ1) is 10.1. The Kier molecular flexibility index (Phi) is 5.75. The Bertz CT molecular complexity index is 564. The summed E-state index contributed by atoms with van der Waals surface area (Å²) in [6.07, 6.45) is 1.64. The highest BCUT2D eigenvalue weighted by molar-refractivity contribution is 7.89. The molecule has 0 atom stereocenters. The molecule has 0 unspecified atom stereocenters. The summed E-state index contributed by atoms with van der Waals surface area (Å²) in [5.41, 5.74) is 2.23. The zero-order valence-corrected chi connectivity index (χ0v) is 13.6. The summed E-state index contributed by atoms with van der Waals surface area (Å²) in [5, 5.41) is 3.10. The summed E-state index contributed by atoms with van der Waals surface area (Å²) in [7, 11) is -1.56. The molecule has 0 bridgehead atoms. The topological polar surface area (TPSA) is 58.6 Å². The molecule has 6 heteroatoms. The molecule has 1 fully saturated rings. The van der Waals surface area contributed by atoms with E-state index in [1.54, 1.807) is 12.1 Å². The molecule has 1 aromatic carbocycles. The molecule has 1 heterocycles. The van der Waals surface area contributed by atoms with Crippen LogP contribution in [0, 0.1) is 0 Å². The number of benzene rings is 1. The van der Waals surface area contributed by atoms with Crippen LogP contribution in [0.25, 0.3) is 0 Å². The number of hydrogen-bond donors (Lipinski definition) is 1. The van der Waals surface area contributed by atoms with E-state index >= 15 is 0 Å². The first-order valence-corrected chi connectivity index (χ1v) is 8.88. The quantitative estimate of drug-likeness (QED) is 0.892. The van der Waals surface area contributed by atoms with Crippen molar-refractivity contribution in [2.24, 2.45) is 0 Å². The third-order valence-electron chi connectivity index (χ3n) is 3.74. The summed E-state index contributed by atoms with van der Waals surface area (Å²) < 4.78 is 32.4. The van der Waals surface area contributed by atoms with Gasteiger partial charge in [-0.1, -0.05) is 13.0 Å². The van der Waals surface area contributed by atoms with Crippen LogP contribution in [-0.2, 0) is 27.7 Å². The molecule has 1 aliphatic heterocycles. The van der Waals surface area contributed by atoms with Crippen LogP contribution < -0.4 is 5.32 Å². The van der Waals surface area contributed by atoms with E-state index in [9.17, 15) is 8.42 Å². The molecule has 1 N–H and O–H groups in total. The van der Waals surface area contributed by atoms with Gasteiger partial charge in [0.15, 0.2) is 0 Å². The second-order valence-electron chi connectivity index (χ2n) is 5.18. The predicted molar refractivity (Wildman–Crippen MR) is 82.8 cm³/mol. The van der Waals surface area contributed by atoms with Gasteiger partial charge in [-0.15, -0.1) is 0 Å². The van der Waals surface area contributed by atoms with Gasteiger partial charge in [0.05, 0.1) is 11.5 Å². The van der Waals surface area contributed by atoms with E-state index in [0.717, 1.165) is 18.4 Å². The van der Waals surface area contributed by atoms with Crippen LogP contribution in [0.4, 0.5) is 0 Å². The third-order valence-corrected chi connectivity index (χ3v) is 5.64. The van der Waals surface area contributed by atoms with Crippen molar-refractivity contribution in [1.82, 2.24) is 9.62 Å². The van der Waals surface area contributed by atoms with Crippen molar-refractivity contribution < 1.29 is 13.2 Å². The molecule has 0 radical (unpaired) electrons. The smallest absolute Gasteiger partial charge is 0.243 e. The first-order valence-electron chi connectivity index (χ1n) is 7.44. The van der Waals surface area contributed by atoms with Crippen LogP contribution in [0.3, 0.4) is 0 Å². The predicted octanol–water partition coefficient (Wildman–Crippen LogP) is 1.38. The van der Waals surface area contributed by atoms with Crippen molar-refractivity contribution in [2.45, 2.75) is 31.2 Å². The monoisotopic (exact) mass is 312 g/mol. The number of aryl methyl sites for hydroxylation is 1. The molecule has 1 saturated heterocycles. The minimum absolute atomic E-state index is 0.381. The van der Waals surface area contributed by atoms with Crippen molar-refractivity contribution in [3.8, 4) is 0 Å². The lowest BCUT2D eigenvalue weighted by atomic mass is 10.1. The van der Waals surface area contributed by atoms with Gasteiger partial charge in [0, 0.05) is 26.2 Å². The van der Waals surface area contributed by atoms with E-state index in [-0.39, 0.29) is 0 Å². The van der Waals surface area contributed by atoms with E-state index in [4.69, 9.17) is 4.74 Å². The number of nitrogens with one attached hydrogen (secondary N) is 1. The molecule has 21 heavy (non-hydrogen) atoms. The minimum atomic E-state index is -3.43. The highest BCUT2D eigenvalue weighted by Gasteiger charge is 2.25. The van der Waals surface area contributed by atoms with E-state index in [1.807, 2.05) is 13.1 Å². The maximum Gasteiger partial charge on any atom is 0.243 e. The van der Waals surface area contributed by atoms with Crippen molar-refractivity contribution in [3.63, 3.8) is 0 Å². The van der Waals surface area contributed by atoms with Crippen LogP contribution in [0.1, 0.15) is 24.5 Å². The Morgan fingerprint density at radius 2 is 2.05 bits per heavy atom. The van der Waals surface area contributed by atoms with E-state index in [2.05, 4.69) is 12.2 Å². The number of hydrogen-bond acceptors (Lipinski definition) is 4. The Hall–Kier alpha value is -0.950. The van der Waals surface area contributed by atoms with Crippen molar-refractivity contribution >= 4 is 10.0 Å². The normalized spacial score (nSPS) is 17.6. The largest absolute Gasteiger partial charge is 0.380 e. The minimum Gasteiger partial charge on any atom is -0.380 e. The maximum absolute atomic E-state index is 12.7. The molecular weight excluding hydrogens is 288 g/mol. The van der Waals surface area contributed by atoms with Crippen LogP contribution in [0.2, 0.25) is 0 Å². The first kappa shape index (κ1) is 16.4. The van der Waals surface area contributed by atoms with Crippen molar-refractivity contribution in [2.75, 3.05) is 33.4 Å². The zero-order valence-electron chi connectivity index (χ0n) is 12.8. The van der Waals surface area contributed by atoms with Crippen LogP contribution in [0.15, 0.2) is 23.1 Å². The fourth-order valence-electron chi connectivity index (χ4n) is 2.58. The van der Waals surface area contributed by atoms with Crippen LogP contribution in [-0.4, -0.2) is 46.1 Å². The molecule has 1 aliphatic rings. The summed E-state index contributed by atoms with van der Waals surface area (Å²) in [4.78, 5) is 0.381.